The number of halogens is 1. The average Bonchev–Trinajstić information content (AvgIpc) is 1.35. The Balaban J connectivity index is -0.000000125. The van der Waals surface area contributed by atoms with Crippen LogP contribution in [0.1, 0.15) is 19.8 Å². The summed E-state index contributed by atoms with van der Waals surface area (Å²) in [6, 6.07) is 0. The van der Waals surface area contributed by atoms with Gasteiger partial charge in [-0.25, -0.2) is 0 Å². The van der Waals surface area contributed by atoms with Gasteiger partial charge in [0.15, 0.2) is 0 Å². The molecule has 0 saturated carbocycles. The van der Waals surface area contributed by atoms with Crippen molar-refractivity contribution in [1.82, 2.24) is 0 Å². The topological polar surface area (TPSA) is 0 Å². The second-order valence-corrected chi connectivity index (χ2v) is 1.56. The summed E-state index contributed by atoms with van der Waals surface area (Å²) in [5.41, 5.74) is 1.23. The van der Waals surface area contributed by atoms with Gasteiger partial charge in [-0.3, -0.25) is 0 Å². The molecule has 0 radical (unpaired) electrons. The molecule has 0 atom stereocenters. The molecule has 0 aromatic heterocycles. The molecular weight excluding hydrogens is 176 g/mol. The Kier molecular flexibility index (Phi) is 21.7. The second-order valence-electron chi connectivity index (χ2n) is 1.56. The van der Waals surface area contributed by atoms with Crippen LogP contribution < -0.4 is 17.0 Å². The van der Waals surface area contributed by atoms with E-state index < -0.39 is 0 Å². The van der Waals surface area contributed by atoms with E-state index in [9.17, 15) is 0 Å². The zero-order chi connectivity index (χ0) is 4.99. The molecule has 0 amide bonds. The monoisotopic (exact) mass is 186 g/mol. The van der Waals surface area contributed by atoms with Gasteiger partial charge in [0.1, 0.15) is 0 Å². The normalized spacial score (nSPS) is 6.25. The van der Waals surface area contributed by atoms with Crippen molar-refractivity contribution >= 4 is 23.1 Å². The van der Waals surface area contributed by atoms with Crippen molar-refractivity contribution in [3.05, 3.63) is 19.1 Å². The quantitative estimate of drug-likeness (QED) is 0.289. The first-order chi connectivity index (χ1) is 2.77. The molecule has 0 aliphatic rings. The first kappa shape index (κ1) is 16.0. The van der Waals surface area contributed by atoms with Gasteiger partial charge < -0.3 is 23.9 Å². The van der Waals surface area contributed by atoms with Crippen molar-refractivity contribution in [2.24, 2.45) is 0 Å². The summed E-state index contributed by atoms with van der Waals surface area (Å²) in [5.74, 6) is 0. The predicted octanol–water partition coefficient (Wildman–Crippen LogP) is -1.20. The molecule has 2 heteroatoms. The predicted molar refractivity (Wildman–Crippen MR) is 35.2 cm³/mol. The Morgan fingerprint density at radius 1 is 1.62 bits per heavy atom. The van der Waals surface area contributed by atoms with Crippen LogP contribution in [-0.2, 0) is 0 Å². The van der Waals surface area contributed by atoms with Crippen LogP contribution in [0, 0.1) is 6.92 Å². The van der Waals surface area contributed by atoms with Gasteiger partial charge >= 0.3 is 23.1 Å². The van der Waals surface area contributed by atoms with Gasteiger partial charge in [0.05, 0.1) is 0 Å². The van der Waals surface area contributed by atoms with E-state index in [1.165, 1.54) is 5.57 Å². The molecule has 0 N–H and O–H groups in total. The number of hydrogen-bond acceptors (Lipinski definition) is 0. The third-order valence-electron chi connectivity index (χ3n) is 0.604. The molecule has 0 aliphatic heterocycles. The van der Waals surface area contributed by atoms with Gasteiger partial charge in [-0.05, 0) is 6.92 Å². The Morgan fingerprint density at radius 2 is 2.00 bits per heavy atom. The van der Waals surface area contributed by atoms with Crippen LogP contribution in [0.5, 0.6) is 0 Å². The molecule has 0 rings (SSSR count). The largest absolute Gasteiger partial charge is 2.00 e. The molecule has 0 aromatic carbocycles. The molecule has 0 aliphatic carbocycles. The SMILES string of the molecule is C=C(C)CC[CH2-].[Br-].[Mg+2]. The van der Waals surface area contributed by atoms with Crippen LogP contribution in [0.4, 0.5) is 0 Å². The van der Waals surface area contributed by atoms with Crippen LogP contribution >= 0.6 is 0 Å². The third-order valence-corrected chi connectivity index (χ3v) is 0.604. The van der Waals surface area contributed by atoms with Crippen molar-refractivity contribution in [1.29, 1.82) is 0 Å². The molecule has 8 heavy (non-hydrogen) atoms. The average molecular weight is 187 g/mol. The van der Waals surface area contributed by atoms with Gasteiger partial charge in [0.25, 0.3) is 0 Å². The number of hydrogen-bond donors (Lipinski definition) is 0. The molecule has 0 unspecified atom stereocenters. The fraction of sp³-hybridized carbons (Fsp3) is 0.500. The van der Waals surface area contributed by atoms with E-state index in [0.29, 0.717) is 0 Å². The molecule has 0 bridgehead atoms. The third kappa shape index (κ3) is 15.8. The van der Waals surface area contributed by atoms with Crippen LogP contribution in [-0.4, -0.2) is 23.1 Å². The molecule has 0 spiro atoms. The zero-order valence-electron chi connectivity index (χ0n) is 5.41. The molecule has 0 fully saturated rings. The Labute approximate surface area is 78.7 Å². The van der Waals surface area contributed by atoms with Gasteiger partial charge in [0.2, 0.25) is 0 Å². The second kappa shape index (κ2) is 10.9. The maximum atomic E-state index is 3.70. The maximum Gasteiger partial charge on any atom is 2.00 e. The molecule has 0 saturated heterocycles. The first-order valence-electron chi connectivity index (χ1n) is 2.21. The van der Waals surface area contributed by atoms with Crippen molar-refractivity contribution < 1.29 is 17.0 Å². The minimum atomic E-state index is 0. The van der Waals surface area contributed by atoms with Crippen LogP contribution in [0.25, 0.3) is 0 Å². The minimum Gasteiger partial charge on any atom is -1.00 e. The van der Waals surface area contributed by atoms with Gasteiger partial charge in [-0.1, -0.05) is 12.0 Å². The molecule has 0 heterocycles. The smallest absolute Gasteiger partial charge is 1.00 e. The number of rotatable bonds is 2. The van der Waals surface area contributed by atoms with E-state index >= 15 is 0 Å². The van der Waals surface area contributed by atoms with Crippen molar-refractivity contribution in [3.63, 3.8) is 0 Å². The Bertz CT molecular complexity index is 52.5. The summed E-state index contributed by atoms with van der Waals surface area (Å²) in [4.78, 5) is 0. The standard InChI is InChI=1S/C6H11.BrH.Mg/c1-4-5-6(2)3;;/h1-2,4-5H2,3H3;1H;/q-1;;+2/p-1. The van der Waals surface area contributed by atoms with Crippen molar-refractivity contribution in [2.45, 2.75) is 19.8 Å². The van der Waals surface area contributed by atoms with Crippen LogP contribution in [0.15, 0.2) is 12.2 Å². The van der Waals surface area contributed by atoms with Gasteiger partial charge in [0, 0.05) is 0 Å². The maximum absolute atomic E-state index is 3.70. The van der Waals surface area contributed by atoms with Crippen LogP contribution in [0.3, 0.4) is 0 Å². The molecular formula is C6H11BrMg. The fourth-order valence-electron chi connectivity index (χ4n) is 0.302. The Morgan fingerprint density at radius 3 is 2.00 bits per heavy atom. The first-order valence-corrected chi connectivity index (χ1v) is 2.21. The molecule has 0 aromatic rings. The van der Waals surface area contributed by atoms with E-state index in [-0.39, 0.29) is 40.0 Å². The van der Waals surface area contributed by atoms with E-state index in [0.717, 1.165) is 12.8 Å². The molecule has 0 nitrogen and oxygen atoms in total. The van der Waals surface area contributed by atoms with Crippen molar-refractivity contribution in [2.75, 3.05) is 0 Å². The number of allylic oxidation sites excluding steroid dienone is 1. The fourth-order valence-corrected chi connectivity index (χ4v) is 0.302. The van der Waals surface area contributed by atoms with E-state index in [1.54, 1.807) is 0 Å². The van der Waals surface area contributed by atoms with E-state index in [1.807, 2.05) is 6.92 Å². The van der Waals surface area contributed by atoms with E-state index in [2.05, 4.69) is 13.5 Å². The summed E-state index contributed by atoms with van der Waals surface area (Å²) in [6.45, 7) is 9.39. The zero-order valence-corrected chi connectivity index (χ0v) is 8.41. The minimum absolute atomic E-state index is 0. The Hall–Kier alpha value is 0.986. The molecule has 44 valence electrons. The van der Waals surface area contributed by atoms with Gasteiger partial charge in [-0.2, -0.15) is 6.42 Å². The summed E-state index contributed by atoms with van der Waals surface area (Å²) in [7, 11) is 0. The van der Waals surface area contributed by atoms with Crippen LogP contribution in [0.2, 0.25) is 0 Å². The van der Waals surface area contributed by atoms with Crippen molar-refractivity contribution in [3.8, 4) is 0 Å². The summed E-state index contributed by atoms with van der Waals surface area (Å²) in [6.07, 6.45) is 2.05. The summed E-state index contributed by atoms with van der Waals surface area (Å²) >= 11 is 0. The van der Waals surface area contributed by atoms with E-state index in [4.69, 9.17) is 0 Å². The summed E-state index contributed by atoms with van der Waals surface area (Å²) < 4.78 is 0. The van der Waals surface area contributed by atoms with Gasteiger partial charge in [-0.15, -0.1) is 6.58 Å². The summed E-state index contributed by atoms with van der Waals surface area (Å²) in [5, 5.41) is 0.